The van der Waals surface area contributed by atoms with Crippen LogP contribution < -0.4 is 39.8 Å². The summed E-state index contributed by atoms with van der Waals surface area (Å²) in [5.41, 5.74) is 2.68. The van der Waals surface area contributed by atoms with Crippen molar-refractivity contribution in [2.45, 2.75) is 12.5 Å². The molecule has 38 heavy (non-hydrogen) atoms. The molecule has 10 heteroatoms. The van der Waals surface area contributed by atoms with E-state index in [-0.39, 0.29) is 53.0 Å². The number of amides is 1. The van der Waals surface area contributed by atoms with Gasteiger partial charge in [-0.3, -0.25) is 9.69 Å². The van der Waals surface area contributed by atoms with Crippen molar-refractivity contribution in [3.63, 3.8) is 0 Å². The van der Waals surface area contributed by atoms with E-state index in [0.29, 0.717) is 5.95 Å². The normalized spacial score (nSPS) is 11.4. The average molecular weight is 557 g/mol. The van der Waals surface area contributed by atoms with Crippen molar-refractivity contribution in [1.82, 2.24) is 15.3 Å². The van der Waals surface area contributed by atoms with Crippen LogP contribution in [0.4, 0.5) is 17.3 Å². The van der Waals surface area contributed by atoms with Gasteiger partial charge in [0.15, 0.2) is 0 Å². The van der Waals surface area contributed by atoms with E-state index in [1.807, 2.05) is 59.5 Å². The molecule has 0 aliphatic carbocycles. The molecule has 4 aromatic rings. The number of halogens is 2. The van der Waals surface area contributed by atoms with Gasteiger partial charge in [-0.2, -0.15) is 0 Å². The van der Waals surface area contributed by atoms with Gasteiger partial charge in [0.2, 0.25) is 5.95 Å². The Kier molecular flexibility index (Phi) is 10.9. The summed E-state index contributed by atoms with van der Waals surface area (Å²) in [6.45, 7) is 0. The van der Waals surface area contributed by atoms with Gasteiger partial charge in [-0.15, -0.1) is 0 Å². The van der Waals surface area contributed by atoms with Crippen molar-refractivity contribution in [1.29, 1.82) is 0 Å². The molecule has 1 atom stereocenters. The molecule has 0 fully saturated rings. The third-order valence-corrected chi connectivity index (χ3v) is 6.02. The second kappa shape index (κ2) is 14.1. The van der Waals surface area contributed by atoms with Gasteiger partial charge in [-0.1, -0.05) is 71.8 Å². The molecule has 0 aliphatic heterocycles. The maximum atomic E-state index is 12.6. The van der Waals surface area contributed by atoms with Gasteiger partial charge in [0.25, 0.3) is 5.91 Å². The summed E-state index contributed by atoms with van der Waals surface area (Å²) in [5, 5.41) is 12.4. The van der Waals surface area contributed by atoms with Gasteiger partial charge < -0.3 is 11.8 Å². The van der Waals surface area contributed by atoms with Gasteiger partial charge in [0, 0.05) is 23.8 Å². The van der Waals surface area contributed by atoms with Crippen LogP contribution in [0.1, 0.15) is 23.8 Å². The fraction of sp³-hybridized carbons (Fsp3) is 0.0714. The molecule has 0 bridgehead atoms. The SMILES string of the molecule is O=C(NC(CC=Cc1ccc(N(c2ccccc2)c2ncccn2)cc1)C(=O)O)c1c(Cl)cccc1Cl.[H-].[Na+]. The number of para-hydroxylation sites is 1. The molecule has 0 spiro atoms. The van der Waals surface area contributed by atoms with Crippen LogP contribution in [0.15, 0.2) is 97.3 Å². The van der Waals surface area contributed by atoms with Gasteiger partial charge in [-0.25, -0.2) is 14.8 Å². The van der Waals surface area contributed by atoms with Gasteiger partial charge in [-0.05, 0) is 54.4 Å². The van der Waals surface area contributed by atoms with Crippen molar-refractivity contribution >= 4 is 58.5 Å². The molecule has 4 rings (SSSR count). The van der Waals surface area contributed by atoms with Crippen LogP contribution in [0.2, 0.25) is 10.0 Å². The first-order valence-corrected chi connectivity index (χ1v) is 12.1. The minimum atomic E-state index is -1.17. The van der Waals surface area contributed by atoms with Crippen LogP contribution in [-0.2, 0) is 4.79 Å². The summed E-state index contributed by atoms with van der Waals surface area (Å²) in [6, 6.07) is 22.7. The van der Waals surface area contributed by atoms with Crippen LogP contribution in [0, 0.1) is 0 Å². The van der Waals surface area contributed by atoms with E-state index in [1.165, 1.54) is 12.1 Å². The van der Waals surface area contributed by atoms with Gasteiger partial charge in [0.05, 0.1) is 15.6 Å². The standard InChI is InChI=1S/C28H22Cl2N4O3.Na.H/c29-22-10-5-11-23(30)25(22)26(35)33-24(27(36)37)12-4-7-19-13-15-21(16-14-19)34(20-8-2-1-3-9-20)28-31-17-6-18-32-28;;/h1-11,13-18,24H,12H2,(H,33,35)(H,36,37);;/q;+1;-1. The molecule has 188 valence electrons. The number of carbonyl (C=O) groups is 2. The Bertz CT molecular complexity index is 1350. The number of aromatic nitrogens is 2. The Hall–Kier alpha value is -3.20. The Labute approximate surface area is 253 Å². The summed E-state index contributed by atoms with van der Waals surface area (Å²) in [4.78, 5) is 35.0. The first-order valence-electron chi connectivity index (χ1n) is 11.3. The second-order valence-electron chi connectivity index (χ2n) is 7.91. The van der Waals surface area contributed by atoms with E-state index in [2.05, 4.69) is 15.3 Å². The van der Waals surface area contributed by atoms with Gasteiger partial charge in [0.1, 0.15) is 6.04 Å². The topological polar surface area (TPSA) is 95.4 Å². The number of carbonyl (C=O) groups excluding carboxylic acids is 1. The minimum absolute atomic E-state index is 0. The number of hydrogen-bond donors (Lipinski definition) is 2. The predicted molar refractivity (Wildman–Crippen MR) is 147 cm³/mol. The molecular weight excluding hydrogens is 534 g/mol. The number of anilines is 3. The van der Waals surface area contributed by atoms with Crippen molar-refractivity contribution in [2.75, 3.05) is 4.90 Å². The van der Waals surface area contributed by atoms with E-state index in [0.717, 1.165) is 16.9 Å². The zero-order valence-electron chi connectivity index (χ0n) is 21.5. The third kappa shape index (κ3) is 7.43. The maximum absolute atomic E-state index is 12.6. The Balaban J connectivity index is 0.00000267. The summed E-state index contributed by atoms with van der Waals surface area (Å²) in [6.07, 6.45) is 6.93. The smallest absolute Gasteiger partial charge is 1.00 e. The van der Waals surface area contributed by atoms with Crippen LogP contribution in [0.25, 0.3) is 6.08 Å². The third-order valence-electron chi connectivity index (χ3n) is 5.39. The average Bonchev–Trinajstić information content (AvgIpc) is 2.90. The molecule has 0 saturated carbocycles. The largest absolute Gasteiger partial charge is 1.00 e. The minimum Gasteiger partial charge on any atom is -1.00 e. The molecule has 1 aromatic heterocycles. The number of carboxylic acid groups (broad SMARTS) is 1. The molecule has 0 saturated heterocycles. The van der Waals surface area contributed by atoms with Crippen LogP contribution >= 0.6 is 23.2 Å². The molecule has 2 N–H and O–H groups in total. The fourth-order valence-corrected chi connectivity index (χ4v) is 4.17. The van der Waals surface area contributed by atoms with Crippen molar-refractivity contribution in [2.24, 2.45) is 0 Å². The summed E-state index contributed by atoms with van der Waals surface area (Å²) in [7, 11) is 0. The monoisotopic (exact) mass is 556 g/mol. The number of hydrogen-bond acceptors (Lipinski definition) is 5. The predicted octanol–water partition coefficient (Wildman–Crippen LogP) is 3.66. The number of carboxylic acids is 1. The Morgan fingerprint density at radius 1 is 0.895 bits per heavy atom. The number of aliphatic carboxylic acids is 1. The first kappa shape index (κ1) is 29.4. The fourth-order valence-electron chi connectivity index (χ4n) is 3.61. The van der Waals surface area contributed by atoms with Crippen LogP contribution in [0.3, 0.4) is 0 Å². The zero-order valence-corrected chi connectivity index (χ0v) is 24.0. The molecule has 1 heterocycles. The van der Waals surface area contributed by atoms with E-state index < -0.39 is 17.9 Å². The molecule has 1 amide bonds. The summed E-state index contributed by atoms with van der Waals surface area (Å²) < 4.78 is 0. The Morgan fingerprint density at radius 2 is 1.50 bits per heavy atom. The second-order valence-corrected chi connectivity index (χ2v) is 8.72. The van der Waals surface area contributed by atoms with E-state index >= 15 is 0 Å². The number of nitrogens with one attached hydrogen (secondary N) is 1. The number of nitrogens with zero attached hydrogens (tertiary/aromatic N) is 3. The number of rotatable bonds is 9. The molecular formula is C28H23Cl2N4NaO3. The van der Waals surface area contributed by atoms with E-state index in [4.69, 9.17) is 23.2 Å². The molecule has 0 radical (unpaired) electrons. The quantitative estimate of drug-likeness (QED) is 0.305. The van der Waals surface area contributed by atoms with E-state index in [9.17, 15) is 14.7 Å². The van der Waals surface area contributed by atoms with Crippen molar-refractivity contribution in [3.05, 3.63) is 119 Å². The molecule has 7 nitrogen and oxygen atoms in total. The van der Waals surface area contributed by atoms with Crippen molar-refractivity contribution in [3.8, 4) is 0 Å². The molecule has 1 unspecified atom stereocenters. The van der Waals surface area contributed by atoms with Gasteiger partial charge >= 0.3 is 35.5 Å². The molecule has 3 aromatic carbocycles. The van der Waals surface area contributed by atoms with E-state index in [1.54, 1.807) is 36.7 Å². The van der Waals surface area contributed by atoms with Crippen molar-refractivity contribution < 1.29 is 45.7 Å². The summed E-state index contributed by atoms with van der Waals surface area (Å²) in [5.74, 6) is -1.28. The summed E-state index contributed by atoms with van der Waals surface area (Å²) >= 11 is 12.1. The number of benzene rings is 3. The zero-order chi connectivity index (χ0) is 26.2. The Morgan fingerprint density at radius 3 is 2.11 bits per heavy atom. The maximum Gasteiger partial charge on any atom is 1.00 e. The van der Waals surface area contributed by atoms with Crippen LogP contribution in [0.5, 0.6) is 0 Å². The van der Waals surface area contributed by atoms with Crippen LogP contribution in [-0.4, -0.2) is 33.0 Å². The molecule has 0 aliphatic rings. The first-order chi connectivity index (χ1) is 17.9.